The number of amides is 1. The molecule has 1 aromatic rings. The number of benzene rings is 1. The van der Waals surface area contributed by atoms with Crippen molar-refractivity contribution in [3.05, 3.63) is 29.3 Å². The maximum absolute atomic E-state index is 12.1. The van der Waals surface area contributed by atoms with Crippen LogP contribution >= 0.6 is 0 Å². The quantitative estimate of drug-likeness (QED) is 0.869. The summed E-state index contributed by atoms with van der Waals surface area (Å²) in [7, 11) is 0. The standard InChI is InChI=1S/C17H23N3O2/c1-2-3-12-22-17(21)20-11-10-18-16(20)19-15-9-5-7-13-6-4-8-14(13)15/h5,7,9H,2-4,6,8,10-12H2,1H3,(H,18,19). The first-order valence-electron chi connectivity index (χ1n) is 8.16. The number of hydrogen-bond donors (Lipinski definition) is 1. The molecule has 5 heteroatoms. The number of unbranched alkanes of at least 4 members (excludes halogenated alkanes) is 1. The lowest BCUT2D eigenvalue weighted by Gasteiger charge is -2.20. The normalized spacial score (nSPS) is 16.4. The van der Waals surface area contributed by atoms with Crippen molar-refractivity contribution in [3.63, 3.8) is 0 Å². The van der Waals surface area contributed by atoms with E-state index >= 15 is 0 Å². The van der Waals surface area contributed by atoms with Gasteiger partial charge in [0.05, 0.1) is 19.7 Å². The van der Waals surface area contributed by atoms with Gasteiger partial charge in [-0.3, -0.25) is 4.99 Å². The van der Waals surface area contributed by atoms with Gasteiger partial charge in [0.2, 0.25) is 5.96 Å². The summed E-state index contributed by atoms with van der Waals surface area (Å²) in [5, 5.41) is 3.34. The van der Waals surface area contributed by atoms with Crippen molar-refractivity contribution in [1.82, 2.24) is 4.90 Å². The van der Waals surface area contributed by atoms with Crippen LogP contribution in [-0.2, 0) is 17.6 Å². The number of guanidine groups is 1. The van der Waals surface area contributed by atoms with Crippen LogP contribution < -0.4 is 5.32 Å². The average Bonchev–Trinajstić information content (AvgIpc) is 3.16. The Morgan fingerprint density at radius 2 is 2.32 bits per heavy atom. The van der Waals surface area contributed by atoms with Crippen molar-refractivity contribution in [3.8, 4) is 0 Å². The highest BCUT2D eigenvalue weighted by atomic mass is 16.6. The van der Waals surface area contributed by atoms with Crippen LogP contribution in [0.1, 0.15) is 37.3 Å². The Balaban J connectivity index is 1.67. The number of ether oxygens (including phenoxy) is 1. The number of fused-ring (bicyclic) bond motifs is 1. The van der Waals surface area contributed by atoms with Crippen molar-refractivity contribution >= 4 is 17.7 Å². The number of carbonyl (C=O) groups excluding carboxylic acids is 1. The summed E-state index contributed by atoms with van der Waals surface area (Å²) in [6, 6.07) is 6.30. The van der Waals surface area contributed by atoms with Gasteiger partial charge in [-0.1, -0.05) is 25.5 Å². The Kier molecular flexibility index (Phi) is 4.61. The maximum Gasteiger partial charge on any atom is 0.416 e. The predicted octanol–water partition coefficient (Wildman–Crippen LogP) is 3.20. The van der Waals surface area contributed by atoms with Crippen molar-refractivity contribution < 1.29 is 9.53 Å². The van der Waals surface area contributed by atoms with Crippen LogP contribution in [0.5, 0.6) is 0 Å². The Morgan fingerprint density at radius 1 is 1.41 bits per heavy atom. The van der Waals surface area contributed by atoms with E-state index in [0.717, 1.165) is 31.4 Å². The first kappa shape index (κ1) is 14.9. The van der Waals surface area contributed by atoms with Gasteiger partial charge >= 0.3 is 6.09 Å². The van der Waals surface area contributed by atoms with E-state index in [1.165, 1.54) is 17.5 Å². The molecule has 3 rings (SSSR count). The minimum atomic E-state index is -0.301. The van der Waals surface area contributed by atoms with Crippen molar-refractivity contribution in [2.75, 3.05) is 25.0 Å². The number of rotatable bonds is 4. The Bertz CT molecular complexity index is 583. The summed E-state index contributed by atoms with van der Waals surface area (Å²) >= 11 is 0. The lowest BCUT2D eigenvalue weighted by Crippen LogP contribution is -2.39. The molecule has 22 heavy (non-hydrogen) atoms. The molecule has 0 saturated carbocycles. The summed E-state index contributed by atoms with van der Waals surface area (Å²) in [5.41, 5.74) is 3.83. The number of aryl methyl sites for hydroxylation is 1. The predicted molar refractivity (Wildman–Crippen MR) is 87.4 cm³/mol. The second kappa shape index (κ2) is 6.81. The van der Waals surface area contributed by atoms with E-state index < -0.39 is 0 Å². The minimum absolute atomic E-state index is 0.301. The molecule has 2 aliphatic rings. The fourth-order valence-electron chi connectivity index (χ4n) is 2.97. The number of nitrogens with one attached hydrogen (secondary N) is 1. The highest BCUT2D eigenvalue weighted by Gasteiger charge is 2.26. The number of aliphatic imine (C=N–C) groups is 1. The molecular formula is C17H23N3O2. The molecule has 0 saturated heterocycles. The zero-order chi connectivity index (χ0) is 15.4. The highest BCUT2D eigenvalue weighted by molar-refractivity contribution is 6.03. The highest BCUT2D eigenvalue weighted by Crippen LogP contribution is 2.29. The van der Waals surface area contributed by atoms with Crippen LogP contribution in [0.25, 0.3) is 0 Å². The molecule has 118 valence electrons. The number of anilines is 1. The third-order valence-electron chi connectivity index (χ3n) is 4.18. The first-order chi connectivity index (χ1) is 10.8. The Hall–Kier alpha value is -2.04. The lowest BCUT2D eigenvalue weighted by molar-refractivity contribution is 0.123. The molecule has 0 radical (unpaired) electrons. The van der Waals surface area contributed by atoms with Crippen LogP contribution in [0.2, 0.25) is 0 Å². The maximum atomic E-state index is 12.1. The molecule has 1 aliphatic carbocycles. The lowest BCUT2D eigenvalue weighted by atomic mass is 10.1. The molecule has 1 aromatic carbocycles. The van der Waals surface area contributed by atoms with E-state index in [4.69, 9.17) is 4.74 Å². The van der Waals surface area contributed by atoms with Crippen LogP contribution in [0.15, 0.2) is 23.2 Å². The summed E-state index contributed by atoms with van der Waals surface area (Å²) in [4.78, 5) is 18.2. The molecule has 1 N–H and O–H groups in total. The van der Waals surface area contributed by atoms with Gasteiger partial charge in [-0.15, -0.1) is 0 Å². The molecule has 0 fully saturated rings. The molecule has 1 aliphatic heterocycles. The van der Waals surface area contributed by atoms with Gasteiger partial charge < -0.3 is 10.1 Å². The molecule has 0 unspecified atom stereocenters. The van der Waals surface area contributed by atoms with Crippen molar-refractivity contribution in [1.29, 1.82) is 0 Å². The van der Waals surface area contributed by atoms with Gasteiger partial charge in [0, 0.05) is 5.69 Å². The number of carbonyl (C=O) groups is 1. The molecule has 0 aromatic heterocycles. The van der Waals surface area contributed by atoms with Gasteiger partial charge in [-0.25, -0.2) is 9.69 Å². The fourth-order valence-corrected chi connectivity index (χ4v) is 2.97. The minimum Gasteiger partial charge on any atom is -0.449 e. The molecular weight excluding hydrogens is 278 g/mol. The van der Waals surface area contributed by atoms with Gasteiger partial charge in [0.15, 0.2) is 0 Å². The largest absolute Gasteiger partial charge is 0.449 e. The topological polar surface area (TPSA) is 53.9 Å². The summed E-state index contributed by atoms with van der Waals surface area (Å²) in [6.07, 6.45) is 5.04. The molecule has 0 spiro atoms. The third kappa shape index (κ3) is 3.08. The van der Waals surface area contributed by atoms with Gasteiger partial charge in [-0.2, -0.15) is 0 Å². The van der Waals surface area contributed by atoms with Crippen LogP contribution in [-0.4, -0.2) is 36.6 Å². The second-order valence-electron chi connectivity index (χ2n) is 5.75. The van der Waals surface area contributed by atoms with Gasteiger partial charge in [0.1, 0.15) is 0 Å². The molecule has 0 atom stereocenters. The SMILES string of the molecule is CCCCOC(=O)N1CCN=C1Nc1cccc2c1CCC2. The van der Waals surface area contributed by atoms with E-state index in [1.54, 1.807) is 4.90 Å². The Labute approximate surface area is 131 Å². The van der Waals surface area contributed by atoms with Gasteiger partial charge in [0.25, 0.3) is 0 Å². The van der Waals surface area contributed by atoms with Crippen LogP contribution in [0.4, 0.5) is 10.5 Å². The van der Waals surface area contributed by atoms with E-state index in [9.17, 15) is 4.79 Å². The average molecular weight is 301 g/mol. The van der Waals surface area contributed by atoms with Crippen molar-refractivity contribution in [2.24, 2.45) is 4.99 Å². The van der Waals surface area contributed by atoms with Crippen LogP contribution in [0.3, 0.4) is 0 Å². The smallest absolute Gasteiger partial charge is 0.416 e. The monoisotopic (exact) mass is 301 g/mol. The third-order valence-corrected chi connectivity index (χ3v) is 4.18. The number of nitrogens with zero attached hydrogens (tertiary/aromatic N) is 2. The van der Waals surface area contributed by atoms with E-state index in [2.05, 4.69) is 35.4 Å². The molecule has 1 heterocycles. The molecule has 0 bridgehead atoms. The van der Waals surface area contributed by atoms with Crippen LogP contribution in [0, 0.1) is 0 Å². The first-order valence-corrected chi connectivity index (χ1v) is 8.16. The van der Waals surface area contributed by atoms with E-state index in [1.807, 2.05) is 0 Å². The van der Waals surface area contributed by atoms with E-state index in [-0.39, 0.29) is 6.09 Å². The van der Waals surface area contributed by atoms with E-state index in [0.29, 0.717) is 25.7 Å². The zero-order valence-corrected chi connectivity index (χ0v) is 13.1. The molecule has 5 nitrogen and oxygen atoms in total. The zero-order valence-electron chi connectivity index (χ0n) is 13.1. The summed E-state index contributed by atoms with van der Waals surface area (Å²) < 4.78 is 5.29. The second-order valence-corrected chi connectivity index (χ2v) is 5.75. The summed E-state index contributed by atoms with van der Waals surface area (Å²) in [5.74, 6) is 0.613. The Morgan fingerprint density at radius 3 is 3.18 bits per heavy atom. The fraction of sp³-hybridized carbons (Fsp3) is 0.529. The summed E-state index contributed by atoms with van der Waals surface area (Å²) in [6.45, 7) is 3.76. The van der Waals surface area contributed by atoms with Gasteiger partial charge in [-0.05, 0) is 42.9 Å². The molecule has 1 amide bonds. The number of hydrogen-bond acceptors (Lipinski definition) is 4. The van der Waals surface area contributed by atoms with Crippen molar-refractivity contribution in [2.45, 2.75) is 39.0 Å².